The van der Waals surface area contributed by atoms with Crippen molar-refractivity contribution in [3.05, 3.63) is 66.4 Å². The number of carbonyl (C=O) groups excluding carboxylic acids is 1. The van der Waals surface area contributed by atoms with Crippen molar-refractivity contribution in [1.29, 1.82) is 5.26 Å². The summed E-state index contributed by atoms with van der Waals surface area (Å²) in [5, 5.41) is 18.2. The third-order valence-corrected chi connectivity index (χ3v) is 3.18. The first kappa shape index (κ1) is 18.1. The van der Waals surface area contributed by atoms with Crippen LogP contribution in [0.2, 0.25) is 0 Å². The lowest BCUT2D eigenvalue weighted by molar-refractivity contribution is -0.118. The first-order valence-corrected chi connectivity index (χ1v) is 7.99. The summed E-state index contributed by atoms with van der Waals surface area (Å²) in [7, 11) is 0. The molecule has 128 valence electrons. The molecule has 5 heteroatoms. The number of rotatable bonds is 5. The molecule has 0 saturated carbocycles. The molecule has 0 unspecified atom stereocenters. The molecule has 1 amide bonds. The zero-order valence-corrected chi connectivity index (χ0v) is 14.6. The van der Waals surface area contributed by atoms with Crippen LogP contribution in [-0.2, 0) is 4.79 Å². The van der Waals surface area contributed by atoms with Gasteiger partial charge in [0, 0.05) is 28.8 Å². The zero-order chi connectivity index (χ0) is 18.3. The van der Waals surface area contributed by atoms with E-state index in [1.165, 1.54) is 6.20 Å². The van der Waals surface area contributed by atoms with Gasteiger partial charge in [-0.3, -0.25) is 4.79 Å². The monoisotopic (exact) mass is 334 g/mol. The lowest BCUT2D eigenvalue weighted by Gasteiger charge is -2.20. The molecule has 2 rings (SSSR count). The highest BCUT2D eigenvalue weighted by molar-refractivity contribution is 5.97. The number of hydrogen-bond donors (Lipinski definition) is 3. The molecule has 3 N–H and O–H groups in total. The van der Waals surface area contributed by atoms with Gasteiger partial charge >= 0.3 is 0 Å². The van der Waals surface area contributed by atoms with Gasteiger partial charge in [-0.1, -0.05) is 18.2 Å². The topological polar surface area (TPSA) is 77.0 Å². The fraction of sp³-hybridized carbons (Fsp3) is 0.200. The van der Waals surface area contributed by atoms with E-state index in [-0.39, 0.29) is 5.57 Å². The minimum atomic E-state index is -0.398. The fourth-order valence-electron chi connectivity index (χ4n) is 2.05. The third-order valence-electron chi connectivity index (χ3n) is 3.18. The molecule has 0 aliphatic carbocycles. The predicted molar refractivity (Wildman–Crippen MR) is 101 cm³/mol. The Morgan fingerprint density at radius 1 is 0.960 bits per heavy atom. The Morgan fingerprint density at radius 3 is 2.08 bits per heavy atom. The molecule has 0 saturated heterocycles. The van der Waals surface area contributed by atoms with Crippen molar-refractivity contribution in [1.82, 2.24) is 5.32 Å². The minimum absolute atomic E-state index is 0.0291. The molecule has 0 heterocycles. The van der Waals surface area contributed by atoms with E-state index in [2.05, 4.69) is 16.0 Å². The van der Waals surface area contributed by atoms with E-state index in [4.69, 9.17) is 5.26 Å². The number of anilines is 3. The van der Waals surface area contributed by atoms with Crippen LogP contribution in [0.4, 0.5) is 17.1 Å². The minimum Gasteiger partial charge on any atom is -0.360 e. The number of nitrogens with zero attached hydrogens (tertiary/aromatic N) is 1. The normalized spacial score (nSPS) is 11.4. The molecule has 0 radical (unpaired) electrons. The Kier molecular flexibility index (Phi) is 5.80. The van der Waals surface area contributed by atoms with Crippen molar-refractivity contribution in [3.8, 4) is 6.07 Å². The van der Waals surface area contributed by atoms with Gasteiger partial charge in [-0.05, 0) is 57.2 Å². The van der Waals surface area contributed by atoms with Crippen LogP contribution < -0.4 is 16.0 Å². The summed E-state index contributed by atoms with van der Waals surface area (Å²) in [6, 6.07) is 19.4. The van der Waals surface area contributed by atoms with Gasteiger partial charge in [0.2, 0.25) is 0 Å². The number of benzene rings is 2. The van der Waals surface area contributed by atoms with E-state index in [9.17, 15) is 4.79 Å². The predicted octanol–water partition coefficient (Wildman–Crippen LogP) is 4.16. The van der Waals surface area contributed by atoms with E-state index in [1.807, 2.05) is 81.4 Å². The number of hydrogen-bond acceptors (Lipinski definition) is 4. The van der Waals surface area contributed by atoms with Gasteiger partial charge in [0.15, 0.2) is 0 Å². The molecular formula is C20H22N4O. The standard InChI is InChI=1S/C20H22N4O/c1-20(2,3)24-19(25)15(13-21)14-22-16-9-11-18(12-10-16)23-17-7-5-4-6-8-17/h4-12,14,22-23H,1-3H3,(H,24,25)/b15-14-. The second-order valence-electron chi connectivity index (χ2n) is 6.59. The summed E-state index contributed by atoms with van der Waals surface area (Å²) < 4.78 is 0. The summed E-state index contributed by atoms with van der Waals surface area (Å²) in [5.41, 5.74) is 2.38. The van der Waals surface area contributed by atoms with E-state index >= 15 is 0 Å². The lowest BCUT2D eigenvalue weighted by Crippen LogP contribution is -2.41. The van der Waals surface area contributed by atoms with Gasteiger partial charge in [0.05, 0.1) is 0 Å². The van der Waals surface area contributed by atoms with E-state index in [0.717, 1.165) is 17.1 Å². The van der Waals surface area contributed by atoms with Crippen LogP contribution in [-0.4, -0.2) is 11.4 Å². The van der Waals surface area contributed by atoms with Crippen LogP contribution in [0.15, 0.2) is 66.4 Å². The van der Waals surface area contributed by atoms with Crippen molar-refractivity contribution in [3.63, 3.8) is 0 Å². The first-order valence-electron chi connectivity index (χ1n) is 7.99. The molecule has 0 atom stereocenters. The number of carbonyl (C=O) groups is 1. The van der Waals surface area contributed by atoms with E-state index in [1.54, 1.807) is 0 Å². The smallest absolute Gasteiger partial charge is 0.263 e. The van der Waals surface area contributed by atoms with Gasteiger partial charge in [0.1, 0.15) is 11.6 Å². The van der Waals surface area contributed by atoms with Crippen LogP contribution >= 0.6 is 0 Å². The second kappa shape index (κ2) is 8.02. The SMILES string of the molecule is CC(C)(C)NC(=O)/C(C#N)=C\Nc1ccc(Nc2ccccc2)cc1. The van der Waals surface area contributed by atoms with Crippen molar-refractivity contribution < 1.29 is 4.79 Å². The lowest BCUT2D eigenvalue weighted by atomic mass is 10.1. The Labute approximate surface area is 148 Å². The highest BCUT2D eigenvalue weighted by Gasteiger charge is 2.16. The van der Waals surface area contributed by atoms with Crippen LogP contribution in [0, 0.1) is 11.3 Å². The van der Waals surface area contributed by atoms with E-state index < -0.39 is 11.4 Å². The molecule has 0 aliphatic rings. The Balaban J connectivity index is 2.00. The fourth-order valence-corrected chi connectivity index (χ4v) is 2.05. The third kappa shape index (κ3) is 6.04. The maximum Gasteiger partial charge on any atom is 0.263 e. The van der Waals surface area contributed by atoms with Gasteiger partial charge < -0.3 is 16.0 Å². The first-order chi connectivity index (χ1) is 11.9. The van der Waals surface area contributed by atoms with Crippen molar-refractivity contribution >= 4 is 23.0 Å². The molecule has 0 aromatic heterocycles. The number of nitrogens with one attached hydrogen (secondary N) is 3. The zero-order valence-electron chi connectivity index (χ0n) is 14.6. The van der Waals surface area contributed by atoms with Gasteiger partial charge in [0.25, 0.3) is 5.91 Å². The van der Waals surface area contributed by atoms with E-state index in [0.29, 0.717) is 0 Å². The molecule has 0 bridgehead atoms. The number of amides is 1. The van der Waals surface area contributed by atoms with Crippen LogP contribution in [0.1, 0.15) is 20.8 Å². The maximum atomic E-state index is 12.0. The van der Waals surface area contributed by atoms with Crippen molar-refractivity contribution in [2.75, 3.05) is 10.6 Å². The summed E-state index contributed by atoms with van der Waals surface area (Å²) >= 11 is 0. The Morgan fingerprint density at radius 2 is 1.52 bits per heavy atom. The van der Waals surface area contributed by atoms with Crippen molar-refractivity contribution in [2.45, 2.75) is 26.3 Å². The summed E-state index contributed by atoms with van der Waals surface area (Å²) in [4.78, 5) is 12.0. The van der Waals surface area contributed by atoms with Crippen LogP contribution in [0.25, 0.3) is 0 Å². The maximum absolute atomic E-state index is 12.0. The summed E-state index contributed by atoms with van der Waals surface area (Å²) in [6.07, 6.45) is 1.42. The Bertz CT molecular complexity index is 781. The van der Waals surface area contributed by atoms with Gasteiger partial charge in [-0.2, -0.15) is 5.26 Å². The number of nitriles is 1. The molecule has 2 aromatic carbocycles. The summed E-state index contributed by atoms with van der Waals surface area (Å²) in [5.74, 6) is -0.398. The molecule has 2 aromatic rings. The van der Waals surface area contributed by atoms with Crippen molar-refractivity contribution in [2.24, 2.45) is 0 Å². The van der Waals surface area contributed by atoms with Crippen LogP contribution in [0.5, 0.6) is 0 Å². The average molecular weight is 334 g/mol. The Hall–Kier alpha value is -3.26. The quantitative estimate of drug-likeness (QED) is 0.567. The van der Waals surface area contributed by atoms with Gasteiger partial charge in [-0.25, -0.2) is 0 Å². The van der Waals surface area contributed by atoms with Crippen LogP contribution in [0.3, 0.4) is 0 Å². The molecule has 25 heavy (non-hydrogen) atoms. The number of para-hydroxylation sites is 1. The molecule has 0 aliphatic heterocycles. The molecule has 0 fully saturated rings. The highest BCUT2D eigenvalue weighted by Crippen LogP contribution is 2.18. The van der Waals surface area contributed by atoms with Gasteiger partial charge in [-0.15, -0.1) is 0 Å². The highest BCUT2D eigenvalue weighted by atomic mass is 16.1. The molecular weight excluding hydrogens is 312 g/mol. The second-order valence-corrected chi connectivity index (χ2v) is 6.59. The molecule has 0 spiro atoms. The molecule has 5 nitrogen and oxygen atoms in total. The average Bonchev–Trinajstić information content (AvgIpc) is 2.56. The largest absolute Gasteiger partial charge is 0.360 e. The summed E-state index contributed by atoms with van der Waals surface area (Å²) in [6.45, 7) is 5.60.